The third-order valence-electron chi connectivity index (χ3n) is 3.10. The molecule has 102 valence electrons. The summed E-state index contributed by atoms with van der Waals surface area (Å²) < 4.78 is 1.17. The number of halogens is 1. The van der Waals surface area contributed by atoms with Gasteiger partial charge >= 0.3 is 0 Å². The van der Waals surface area contributed by atoms with Crippen LogP contribution in [0.4, 0.5) is 0 Å². The quantitative estimate of drug-likeness (QED) is 0.788. The fourth-order valence-electron chi connectivity index (χ4n) is 2.22. The molecule has 1 nitrogen and oxygen atoms in total. The molecule has 0 aliphatic rings. The molecule has 1 aromatic heterocycles. The summed E-state index contributed by atoms with van der Waals surface area (Å²) in [5.41, 5.74) is 1.54. The van der Waals surface area contributed by atoms with E-state index in [1.807, 2.05) is 0 Å². The topological polar surface area (TPSA) is 12.0 Å². The summed E-state index contributed by atoms with van der Waals surface area (Å²) >= 11 is 5.29. The first kappa shape index (κ1) is 14.8. The molecule has 1 heterocycles. The van der Waals surface area contributed by atoms with E-state index in [2.05, 4.69) is 83.8 Å². The molecule has 2 rings (SSSR count). The van der Waals surface area contributed by atoms with Crippen molar-refractivity contribution in [3.8, 4) is 0 Å². The van der Waals surface area contributed by atoms with Crippen LogP contribution in [0.1, 0.15) is 37.3 Å². The highest BCUT2D eigenvalue weighted by atomic mass is 79.9. The maximum absolute atomic E-state index is 3.70. The zero-order chi connectivity index (χ0) is 13.9. The third kappa shape index (κ3) is 4.16. The second-order valence-corrected chi connectivity index (χ2v) is 7.73. The normalized spacial score (nSPS) is 13.5. The Morgan fingerprint density at radius 1 is 1.21 bits per heavy atom. The van der Waals surface area contributed by atoms with E-state index in [0.29, 0.717) is 6.04 Å². The van der Waals surface area contributed by atoms with Gasteiger partial charge in [-0.3, -0.25) is 0 Å². The van der Waals surface area contributed by atoms with E-state index in [1.54, 1.807) is 11.3 Å². The lowest BCUT2D eigenvalue weighted by Gasteiger charge is -2.32. The first-order chi connectivity index (χ1) is 8.97. The van der Waals surface area contributed by atoms with Crippen LogP contribution in [0.2, 0.25) is 0 Å². The molecule has 1 aromatic carbocycles. The van der Waals surface area contributed by atoms with E-state index >= 15 is 0 Å². The smallest absolute Gasteiger partial charge is 0.0372 e. The molecule has 3 heteroatoms. The third-order valence-corrected chi connectivity index (χ3v) is 4.80. The molecule has 0 fully saturated rings. The zero-order valence-corrected chi connectivity index (χ0v) is 14.0. The molecule has 19 heavy (non-hydrogen) atoms. The molecular formula is C16H20BrNS. The Labute approximate surface area is 128 Å². The maximum Gasteiger partial charge on any atom is 0.0372 e. The van der Waals surface area contributed by atoms with Gasteiger partial charge in [-0.1, -0.05) is 51.1 Å². The van der Waals surface area contributed by atoms with Crippen LogP contribution >= 0.6 is 27.3 Å². The van der Waals surface area contributed by atoms with Gasteiger partial charge in [0, 0.05) is 27.3 Å². The molecule has 0 spiro atoms. The average Bonchev–Trinajstić information content (AvgIpc) is 2.75. The van der Waals surface area contributed by atoms with Crippen molar-refractivity contribution in [1.82, 2.24) is 5.32 Å². The van der Waals surface area contributed by atoms with Gasteiger partial charge in [0.15, 0.2) is 0 Å². The van der Waals surface area contributed by atoms with E-state index in [9.17, 15) is 0 Å². The minimum atomic E-state index is 0.190. The molecule has 0 amide bonds. The Bertz CT molecular complexity index is 513. The molecule has 0 saturated heterocycles. The first-order valence-corrected chi connectivity index (χ1v) is 8.15. The van der Waals surface area contributed by atoms with Crippen molar-refractivity contribution in [2.45, 2.75) is 33.4 Å². The summed E-state index contributed by atoms with van der Waals surface area (Å²) in [5, 5.41) is 5.83. The standard InChI is InChI=1S/C16H20BrNS/c1-16(2,3)15(12-7-5-4-6-8-12)18-10-14-9-13(17)11-19-14/h4-9,11,15,18H,10H2,1-3H3. The lowest BCUT2D eigenvalue weighted by atomic mass is 9.82. The molecule has 0 radical (unpaired) electrons. The highest BCUT2D eigenvalue weighted by Crippen LogP contribution is 2.33. The summed E-state index contributed by atoms with van der Waals surface area (Å²) in [6, 6.07) is 13.2. The highest BCUT2D eigenvalue weighted by Gasteiger charge is 2.25. The van der Waals surface area contributed by atoms with E-state index < -0.39 is 0 Å². The van der Waals surface area contributed by atoms with Crippen LogP contribution in [0, 0.1) is 5.41 Å². The molecule has 0 saturated carbocycles. The van der Waals surface area contributed by atoms with Gasteiger partial charge in [-0.2, -0.15) is 0 Å². The molecule has 0 aliphatic carbocycles. The van der Waals surface area contributed by atoms with Crippen molar-refractivity contribution in [1.29, 1.82) is 0 Å². The van der Waals surface area contributed by atoms with E-state index in [0.717, 1.165) is 6.54 Å². The van der Waals surface area contributed by atoms with Crippen LogP contribution < -0.4 is 5.32 Å². The second-order valence-electron chi connectivity index (χ2n) is 5.82. The van der Waals surface area contributed by atoms with Crippen molar-refractivity contribution in [3.63, 3.8) is 0 Å². The van der Waals surface area contributed by atoms with E-state index in [-0.39, 0.29) is 5.41 Å². The highest BCUT2D eigenvalue weighted by molar-refractivity contribution is 9.10. The molecular weight excluding hydrogens is 318 g/mol. The maximum atomic E-state index is 3.70. The summed E-state index contributed by atoms with van der Waals surface area (Å²) in [6.45, 7) is 7.75. The Morgan fingerprint density at radius 2 is 1.89 bits per heavy atom. The summed E-state index contributed by atoms with van der Waals surface area (Å²) in [4.78, 5) is 1.36. The zero-order valence-electron chi connectivity index (χ0n) is 11.6. The second kappa shape index (κ2) is 6.21. The van der Waals surface area contributed by atoms with Gasteiger partial charge in [-0.05, 0) is 33.0 Å². The van der Waals surface area contributed by atoms with Crippen LogP contribution in [0.3, 0.4) is 0 Å². The predicted octanol–water partition coefficient (Wildman–Crippen LogP) is 5.39. The Balaban J connectivity index is 2.11. The number of thiophene rings is 1. The minimum Gasteiger partial charge on any atom is -0.305 e. The van der Waals surface area contributed by atoms with E-state index in [1.165, 1.54) is 14.9 Å². The van der Waals surface area contributed by atoms with Gasteiger partial charge in [0.25, 0.3) is 0 Å². The number of rotatable bonds is 4. The van der Waals surface area contributed by atoms with Crippen LogP contribution in [-0.4, -0.2) is 0 Å². The molecule has 1 atom stereocenters. The Hall–Kier alpha value is -0.640. The minimum absolute atomic E-state index is 0.190. The largest absolute Gasteiger partial charge is 0.305 e. The van der Waals surface area contributed by atoms with Crippen molar-refractivity contribution < 1.29 is 0 Å². The van der Waals surface area contributed by atoms with Gasteiger partial charge in [-0.15, -0.1) is 11.3 Å². The van der Waals surface area contributed by atoms with Gasteiger partial charge in [0.05, 0.1) is 0 Å². The van der Waals surface area contributed by atoms with Gasteiger partial charge in [0.1, 0.15) is 0 Å². The average molecular weight is 338 g/mol. The first-order valence-electron chi connectivity index (χ1n) is 6.48. The number of hydrogen-bond acceptors (Lipinski definition) is 2. The monoisotopic (exact) mass is 337 g/mol. The van der Waals surface area contributed by atoms with Crippen molar-refractivity contribution in [2.75, 3.05) is 0 Å². The fraction of sp³-hybridized carbons (Fsp3) is 0.375. The van der Waals surface area contributed by atoms with Crippen LogP contribution in [0.5, 0.6) is 0 Å². The molecule has 0 bridgehead atoms. The predicted molar refractivity (Wildman–Crippen MR) is 87.5 cm³/mol. The summed E-state index contributed by atoms with van der Waals surface area (Å²) in [5.74, 6) is 0. The SMILES string of the molecule is CC(C)(C)C(NCc1cc(Br)cs1)c1ccccc1. The molecule has 1 unspecified atom stereocenters. The number of benzene rings is 1. The molecule has 1 N–H and O–H groups in total. The van der Waals surface area contributed by atoms with Crippen molar-refractivity contribution >= 4 is 27.3 Å². The Morgan fingerprint density at radius 3 is 2.42 bits per heavy atom. The molecule has 0 aliphatic heterocycles. The van der Waals surface area contributed by atoms with Crippen LogP contribution in [0.25, 0.3) is 0 Å². The molecule has 2 aromatic rings. The lowest BCUT2D eigenvalue weighted by Crippen LogP contribution is -2.31. The van der Waals surface area contributed by atoms with Crippen LogP contribution in [-0.2, 0) is 6.54 Å². The fourth-order valence-corrected chi connectivity index (χ4v) is 3.62. The summed E-state index contributed by atoms with van der Waals surface area (Å²) in [6.07, 6.45) is 0. The van der Waals surface area contributed by atoms with Gasteiger partial charge in [-0.25, -0.2) is 0 Å². The van der Waals surface area contributed by atoms with Gasteiger partial charge in [0.2, 0.25) is 0 Å². The van der Waals surface area contributed by atoms with Crippen LogP contribution in [0.15, 0.2) is 46.3 Å². The van der Waals surface area contributed by atoms with Crippen molar-refractivity contribution in [2.24, 2.45) is 5.41 Å². The Kier molecular flexibility index (Phi) is 4.82. The van der Waals surface area contributed by atoms with Crippen molar-refractivity contribution in [3.05, 3.63) is 56.7 Å². The van der Waals surface area contributed by atoms with E-state index in [4.69, 9.17) is 0 Å². The van der Waals surface area contributed by atoms with Gasteiger partial charge < -0.3 is 5.32 Å². The number of hydrogen-bond donors (Lipinski definition) is 1. The summed E-state index contributed by atoms with van der Waals surface area (Å²) in [7, 11) is 0. The number of nitrogens with one attached hydrogen (secondary N) is 1. The lowest BCUT2D eigenvalue weighted by molar-refractivity contribution is 0.271.